The summed E-state index contributed by atoms with van der Waals surface area (Å²) >= 11 is 0. The molecule has 1 heterocycles. The summed E-state index contributed by atoms with van der Waals surface area (Å²) in [5.41, 5.74) is 0. The molecule has 1 rings (SSSR count). The summed E-state index contributed by atoms with van der Waals surface area (Å²) in [5.74, 6) is 0.788. The lowest BCUT2D eigenvalue weighted by Crippen LogP contribution is -2.47. The number of rotatable bonds is 7. The van der Waals surface area contributed by atoms with Crippen LogP contribution in [-0.2, 0) is 10.0 Å². The summed E-state index contributed by atoms with van der Waals surface area (Å²) < 4.78 is 27.3. The summed E-state index contributed by atoms with van der Waals surface area (Å²) in [7, 11) is 0.746. The molecule has 6 heteroatoms. The number of likely N-dealkylation sites (N-methyl/N-ethyl adjacent to an activating group) is 1. The second kappa shape index (κ2) is 7.57. The third kappa shape index (κ3) is 6.70. The van der Waals surface area contributed by atoms with E-state index in [-0.39, 0.29) is 17.7 Å². The van der Waals surface area contributed by atoms with E-state index in [1.807, 2.05) is 19.0 Å². The van der Waals surface area contributed by atoms with Crippen LogP contribution >= 0.6 is 0 Å². The number of hydrogen-bond donors (Lipinski definition) is 2. The van der Waals surface area contributed by atoms with Gasteiger partial charge in [-0.2, -0.15) is 0 Å². The van der Waals surface area contributed by atoms with E-state index in [4.69, 9.17) is 0 Å². The minimum absolute atomic E-state index is 0.0171. The molecule has 2 N–H and O–H groups in total. The van der Waals surface area contributed by atoms with Crippen molar-refractivity contribution in [2.45, 2.75) is 32.7 Å². The second-order valence-electron chi connectivity index (χ2n) is 6.22. The summed E-state index contributed by atoms with van der Waals surface area (Å²) in [6.45, 7) is 6.68. The number of piperidine rings is 1. The standard InChI is InChI=1S/C13H29N3O2S/c1-11(2)13(9-16(3)4)15-19(17,18)10-12-6-5-7-14-8-12/h11-15H,5-10H2,1-4H3. The van der Waals surface area contributed by atoms with Gasteiger partial charge < -0.3 is 10.2 Å². The molecule has 1 aliphatic heterocycles. The number of nitrogens with zero attached hydrogens (tertiary/aromatic N) is 1. The van der Waals surface area contributed by atoms with Crippen LogP contribution in [0.1, 0.15) is 26.7 Å². The highest BCUT2D eigenvalue weighted by Gasteiger charge is 2.25. The molecule has 0 bridgehead atoms. The molecule has 19 heavy (non-hydrogen) atoms. The Labute approximate surface area is 118 Å². The lowest BCUT2D eigenvalue weighted by molar-refractivity contribution is 0.313. The fourth-order valence-corrected chi connectivity index (χ4v) is 4.24. The van der Waals surface area contributed by atoms with E-state index in [1.165, 1.54) is 0 Å². The van der Waals surface area contributed by atoms with Gasteiger partial charge in [0.2, 0.25) is 10.0 Å². The zero-order valence-corrected chi connectivity index (χ0v) is 13.5. The van der Waals surface area contributed by atoms with Crippen molar-refractivity contribution in [2.75, 3.05) is 39.5 Å². The van der Waals surface area contributed by atoms with Gasteiger partial charge in [-0.1, -0.05) is 13.8 Å². The van der Waals surface area contributed by atoms with Crippen LogP contribution in [0.4, 0.5) is 0 Å². The molecule has 0 aromatic heterocycles. The highest BCUT2D eigenvalue weighted by Crippen LogP contribution is 2.13. The predicted molar refractivity (Wildman–Crippen MR) is 79.7 cm³/mol. The summed E-state index contributed by atoms with van der Waals surface area (Å²) in [6.07, 6.45) is 2.08. The van der Waals surface area contributed by atoms with Gasteiger partial charge in [-0.15, -0.1) is 0 Å². The average Bonchev–Trinajstić information content (AvgIpc) is 2.27. The Bertz CT molecular complexity index is 349. The Hall–Kier alpha value is -0.170. The molecule has 2 atom stereocenters. The Morgan fingerprint density at radius 3 is 2.53 bits per heavy atom. The number of hydrogen-bond acceptors (Lipinski definition) is 4. The molecular formula is C13H29N3O2S. The lowest BCUT2D eigenvalue weighted by Gasteiger charge is -2.27. The quantitative estimate of drug-likeness (QED) is 0.717. The van der Waals surface area contributed by atoms with Crippen molar-refractivity contribution in [3.63, 3.8) is 0 Å². The largest absolute Gasteiger partial charge is 0.316 e. The molecule has 0 aromatic rings. The van der Waals surface area contributed by atoms with Crippen LogP contribution in [0, 0.1) is 11.8 Å². The van der Waals surface area contributed by atoms with E-state index in [0.29, 0.717) is 5.92 Å². The van der Waals surface area contributed by atoms with Crippen LogP contribution in [0.15, 0.2) is 0 Å². The van der Waals surface area contributed by atoms with Crippen LogP contribution in [0.25, 0.3) is 0 Å². The summed E-state index contributed by atoms with van der Waals surface area (Å²) in [4.78, 5) is 2.02. The van der Waals surface area contributed by atoms with E-state index in [1.54, 1.807) is 0 Å². The molecule has 2 unspecified atom stereocenters. The second-order valence-corrected chi connectivity index (χ2v) is 8.02. The SMILES string of the molecule is CC(C)C(CN(C)C)NS(=O)(=O)CC1CCCNC1. The monoisotopic (exact) mass is 291 g/mol. The highest BCUT2D eigenvalue weighted by molar-refractivity contribution is 7.89. The molecule has 114 valence electrons. The molecule has 1 aliphatic rings. The zero-order valence-electron chi connectivity index (χ0n) is 12.6. The van der Waals surface area contributed by atoms with E-state index in [0.717, 1.165) is 32.5 Å². The van der Waals surface area contributed by atoms with E-state index < -0.39 is 10.0 Å². The number of nitrogens with one attached hydrogen (secondary N) is 2. The first kappa shape index (κ1) is 16.9. The fraction of sp³-hybridized carbons (Fsp3) is 1.00. The van der Waals surface area contributed by atoms with Crippen LogP contribution < -0.4 is 10.0 Å². The molecule has 0 saturated carbocycles. The average molecular weight is 291 g/mol. The normalized spacial score (nSPS) is 22.9. The van der Waals surface area contributed by atoms with E-state index >= 15 is 0 Å². The van der Waals surface area contributed by atoms with Crippen LogP contribution in [0.2, 0.25) is 0 Å². The van der Waals surface area contributed by atoms with E-state index in [9.17, 15) is 8.42 Å². The van der Waals surface area contributed by atoms with Gasteiger partial charge in [0.1, 0.15) is 0 Å². The third-order valence-corrected chi connectivity index (χ3v) is 5.12. The first-order chi connectivity index (χ1) is 8.80. The van der Waals surface area contributed by atoms with Crippen molar-refractivity contribution in [3.8, 4) is 0 Å². The molecule has 0 spiro atoms. The maximum Gasteiger partial charge on any atom is 0.212 e. The molecule has 5 nitrogen and oxygen atoms in total. The van der Waals surface area contributed by atoms with Crippen LogP contribution in [0.5, 0.6) is 0 Å². The Morgan fingerprint density at radius 1 is 1.37 bits per heavy atom. The van der Waals surface area contributed by atoms with Gasteiger partial charge in [0.15, 0.2) is 0 Å². The van der Waals surface area contributed by atoms with Crippen molar-refractivity contribution in [1.82, 2.24) is 14.9 Å². The molecule has 0 aliphatic carbocycles. The van der Waals surface area contributed by atoms with Crippen molar-refractivity contribution in [2.24, 2.45) is 11.8 Å². The van der Waals surface area contributed by atoms with Gasteiger partial charge in [-0.3, -0.25) is 0 Å². The number of sulfonamides is 1. The van der Waals surface area contributed by atoms with Crippen molar-refractivity contribution in [3.05, 3.63) is 0 Å². The van der Waals surface area contributed by atoms with E-state index in [2.05, 4.69) is 23.9 Å². The van der Waals surface area contributed by atoms with Gasteiger partial charge in [-0.25, -0.2) is 13.1 Å². The maximum absolute atomic E-state index is 12.2. The van der Waals surface area contributed by atoms with Crippen molar-refractivity contribution >= 4 is 10.0 Å². The first-order valence-corrected chi connectivity index (χ1v) is 8.81. The third-order valence-electron chi connectivity index (χ3n) is 3.55. The molecule has 1 fully saturated rings. The highest BCUT2D eigenvalue weighted by atomic mass is 32.2. The summed E-state index contributed by atoms with van der Waals surface area (Å²) in [5, 5.41) is 3.27. The van der Waals surface area contributed by atoms with Gasteiger partial charge in [0, 0.05) is 12.6 Å². The minimum Gasteiger partial charge on any atom is -0.316 e. The van der Waals surface area contributed by atoms with Gasteiger partial charge in [0.25, 0.3) is 0 Å². The lowest BCUT2D eigenvalue weighted by atomic mass is 10.0. The molecule has 1 saturated heterocycles. The maximum atomic E-state index is 12.2. The molecule has 0 amide bonds. The zero-order chi connectivity index (χ0) is 14.5. The minimum atomic E-state index is -3.19. The first-order valence-electron chi connectivity index (χ1n) is 7.15. The predicted octanol–water partition coefficient (Wildman–Crippen LogP) is 0.492. The summed E-state index contributed by atoms with van der Waals surface area (Å²) in [6, 6.07) is -0.0171. The molecular weight excluding hydrogens is 262 g/mol. The smallest absolute Gasteiger partial charge is 0.212 e. The molecule has 0 aromatic carbocycles. The Kier molecular flexibility index (Phi) is 6.73. The van der Waals surface area contributed by atoms with Gasteiger partial charge in [0.05, 0.1) is 5.75 Å². The fourth-order valence-electron chi connectivity index (χ4n) is 2.43. The topological polar surface area (TPSA) is 61.4 Å². The Balaban J connectivity index is 2.55. The van der Waals surface area contributed by atoms with Crippen molar-refractivity contribution < 1.29 is 8.42 Å². The Morgan fingerprint density at radius 2 is 2.05 bits per heavy atom. The van der Waals surface area contributed by atoms with Gasteiger partial charge in [-0.05, 0) is 51.9 Å². The van der Waals surface area contributed by atoms with Crippen LogP contribution in [0.3, 0.4) is 0 Å². The van der Waals surface area contributed by atoms with Gasteiger partial charge >= 0.3 is 0 Å². The molecule has 0 radical (unpaired) electrons. The van der Waals surface area contributed by atoms with Crippen molar-refractivity contribution in [1.29, 1.82) is 0 Å². The van der Waals surface area contributed by atoms with Crippen LogP contribution in [-0.4, -0.2) is 58.8 Å².